The summed E-state index contributed by atoms with van der Waals surface area (Å²) in [6.45, 7) is 3.45. The van der Waals surface area contributed by atoms with Gasteiger partial charge in [0.25, 0.3) is 5.91 Å². The van der Waals surface area contributed by atoms with Crippen LogP contribution in [0.3, 0.4) is 0 Å². The van der Waals surface area contributed by atoms with Gasteiger partial charge in [0.15, 0.2) is 20.7 Å². The van der Waals surface area contributed by atoms with Gasteiger partial charge in [-0.3, -0.25) is 15.1 Å². The molecule has 32 heavy (non-hydrogen) atoms. The van der Waals surface area contributed by atoms with E-state index in [1.54, 1.807) is 19.1 Å². The molecule has 1 N–H and O–H groups in total. The lowest BCUT2D eigenvalue weighted by Gasteiger charge is -2.14. The lowest BCUT2D eigenvalue weighted by Crippen LogP contribution is -2.27. The zero-order valence-electron chi connectivity index (χ0n) is 17.6. The van der Waals surface area contributed by atoms with Gasteiger partial charge in [-0.05, 0) is 44.7 Å². The van der Waals surface area contributed by atoms with Crippen molar-refractivity contribution < 1.29 is 22.7 Å². The monoisotopic (exact) mass is 476 g/mol. The standard InChI is InChI=1S/C21H24N4O5S2/c1-2-30-20(27)17-13-22-21(31-17)23-19(26)18(24-25-11-3-4-12-25)14-5-7-15(8-6-14)32(28,29)16-9-10-16/h5-8,13,16H,2-4,9-12H2,1H3,(H,22,23,26). The third kappa shape index (κ3) is 4.99. The van der Waals surface area contributed by atoms with Gasteiger partial charge in [-0.25, -0.2) is 18.2 Å². The summed E-state index contributed by atoms with van der Waals surface area (Å²) in [6.07, 6.45) is 4.72. The van der Waals surface area contributed by atoms with Crippen molar-refractivity contribution >= 4 is 43.9 Å². The van der Waals surface area contributed by atoms with Crippen molar-refractivity contribution in [3.8, 4) is 0 Å². The predicted octanol–water partition coefficient (Wildman–Crippen LogP) is 2.69. The van der Waals surface area contributed by atoms with E-state index < -0.39 is 21.7 Å². The number of benzene rings is 1. The highest BCUT2D eigenvalue weighted by molar-refractivity contribution is 7.92. The number of nitrogens with zero attached hydrogens (tertiary/aromatic N) is 3. The summed E-state index contributed by atoms with van der Waals surface area (Å²) in [5.41, 5.74) is 0.668. The molecule has 1 aliphatic heterocycles. The lowest BCUT2D eigenvalue weighted by atomic mass is 10.1. The Balaban J connectivity index is 1.57. The number of amides is 1. The maximum absolute atomic E-state index is 13.1. The average Bonchev–Trinajstić information content (AvgIpc) is 3.34. The van der Waals surface area contributed by atoms with E-state index in [0.717, 1.165) is 37.3 Å². The van der Waals surface area contributed by atoms with Gasteiger partial charge in [0.05, 0.1) is 22.9 Å². The minimum absolute atomic E-state index is 0.162. The van der Waals surface area contributed by atoms with E-state index in [4.69, 9.17) is 4.74 Å². The third-order valence-corrected chi connectivity index (χ3v) is 8.33. The van der Waals surface area contributed by atoms with E-state index in [0.29, 0.717) is 18.4 Å². The second kappa shape index (κ2) is 9.37. The largest absolute Gasteiger partial charge is 0.462 e. The number of hydrazone groups is 1. The highest BCUT2D eigenvalue weighted by Crippen LogP contribution is 2.33. The van der Waals surface area contributed by atoms with E-state index >= 15 is 0 Å². The Morgan fingerprint density at radius 2 is 1.91 bits per heavy atom. The van der Waals surface area contributed by atoms with E-state index in [2.05, 4.69) is 15.4 Å². The summed E-state index contributed by atoms with van der Waals surface area (Å²) in [5, 5.41) is 9.00. The molecular formula is C21H24N4O5S2. The Morgan fingerprint density at radius 3 is 2.53 bits per heavy atom. The highest BCUT2D eigenvalue weighted by atomic mass is 32.2. The van der Waals surface area contributed by atoms with Gasteiger partial charge >= 0.3 is 5.97 Å². The van der Waals surface area contributed by atoms with Gasteiger partial charge in [-0.1, -0.05) is 23.5 Å². The second-order valence-corrected chi connectivity index (χ2v) is 10.8. The van der Waals surface area contributed by atoms with Crippen molar-refractivity contribution in [2.75, 3.05) is 25.0 Å². The van der Waals surface area contributed by atoms with Crippen molar-refractivity contribution in [1.29, 1.82) is 0 Å². The second-order valence-electron chi connectivity index (χ2n) is 7.58. The number of aromatic nitrogens is 1. The molecule has 2 aliphatic rings. The fourth-order valence-corrected chi connectivity index (χ4v) is 5.70. The van der Waals surface area contributed by atoms with Crippen LogP contribution in [-0.4, -0.2) is 60.9 Å². The SMILES string of the molecule is CCOC(=O)c1cnc(NC(=O)C(=NN2CCCC2)c2ccc(S(=O)(=O)C3CC3)cc2)s1. The first kappa shape index (κ1) is 22.4. The normalized spacial score (nSPS) is 16.8. The molecule has 1 aromatic carbocycles. The Hall–Kier alpha value is -2.79. The lowest BCUT2D eigenvalue weighted by molar-refractivity contribution is -0.110. The van der Waals surface area contributed by atoms with Crippen LogP contribution in [0.5, 0.6) is 0 Å². The number of carbonyl (C=O) groups is 2. The number of thiazole rings is 1. The third-order valence-electron chi connectivity index (χ3n) is 5.16. The number of sulfone groups is 1. The molecule has 4 rings (SSSR count). The van der Waals surface area contributed by atoms with Gasteiger partial charge in [0.2, 0.25) is 0 Å². The molecule has 0 radical (unpaired) electrons. The minimum Gasteiger partial charge on any atom is -0.462 e. The summed E-state index contributed by atoms with van der Waals surface area (Å²) >= 11 is 1.02. The van der Waals surface area contributed by atoms with Crippen LogP contribution < -0.4 is 5.32 Å². The molecule has 1 saturated heterocycles. The summed E-state index contributed by atoms with van der Waals surface area (Å²) in [4.78, 5) is 29.5. The van der Waals surface area contributed by atoms with Crippen molar-refractivity contribution in [2.45, 2.75) is 42.8 Å². The minimum atomic E-state index is -3.31. The molecule has 0 spiro atoms. The summed E-state index contributed by atoms with van der Waals surface area (Å²) < 4.78 is 29.9. The molecule has 9 nitrogen and oxygen atoms in total. The van der Waals surface area contributed by atoms with Crippen LogP contribution in [0, 0.1) is 0 Å². The molecule has 0 bridgehead atoms. The molecule has 2 aromatic rings. The number of hydrogen-bond acceptors (Lipinski definition) is 9. The molecule has 1 aromatic heterocycles. The summed E-state index contributed by atoms with van der Waals surface area (Å²) in [6, 6.07) is 6.27. The maximum Gasteiger partial charge on any atom is 0.350 e. The first-order chi connectivity index (χ1) is 15.4. The molecular weight excluding hydrogens is 452 g/mol. The van der Waals surface area contributed by atoms with Crippen LogP contribution in [0.2, 0.25) is 0 Å². The number of esters is 1. The van der Waals surface area contributed by atoms with Crippen molar-refractivity contribution in [2.24, 2.45) is 5.10 Å². The maximum atomic E-state index is 13.1. The molecule has 1 saturated carbocycles. The first-order valence-electron chi connectivity index (χ1n) is 10.5. The van der Waals surface area contributed by atoms with Crippen LogP contribution in [0.15, 0.2) is 40.5 Å². The summed E-state index contributed by atoms with van der Waals surface area (Å²) in [7, 11) is -3.31. The topological polar surface area (TPSA) is 118 Å². The van der Waals surface area contributed by atoms with Crippen molar-refractivity contribution in [1.82, 2.24) is 9.99 Å². The number of anilines is 1. The van der Waals surface area contributed by atoms with Gasteiger partial charge < -0.3 is 4.74 Å². The van der Waals surface area contributed by atoms with Crippen LogP contribution >= 0.6 is 11.3 Å². The van der Waals surface area contributed by atoms with Gasteiger partial charge in [0.1, 0.15) is 4.88 Å². The number of carbonyl (C=O) groups excluding carboxylic acids is 2. The van der Waals surface area contributed by atoms with Gasteiger partial charge in [0, 0.05) is 18.7 Å². The van der Waals surface area contributed by atoms with E-state index in [1.165, 1.54) is 18.3 Å². The van der Waals surface area contributed by atoms with Crippen LogP contribution in [0.1, 0.15) is 47.8 Å². The predicted molar refractivity (Wildman–Crippen MR) is 121 cm³/mol. The molecule has 170 valence electrons. The fraction of sp³-hybridized carbons (Fsp3) is 0.429. The molecule has 1 amide bonds. The van der Waals surface area contributed by atoms with E-state index in [1.807, 2.05) is 5.01 Å². The fourth-order valence-electron chi connectivity index (χ4n) is 3.33. The van der Waals surface area contributed by atoms with Crippen LogP contribution in [-0.2, 0) is 19.4 Å². The zero-order valence-corrected chi connectivity index (χ0v) is 19.2. The van der Waals surface area contributed by atoms with Crippen molar-refractivity contribution in [3.63, 3.8) is 0 Å². The molecule has 1 aliphatic carbocycles. The molecule has 0 unspecified atom stereocenters. The molecule has 11 heteroatoms. The Labute approximate surface area is 190 Å². The average molecular weight is 477 g/mol. The number of hydrogen-bond donors (Lipinski definition) is 1. The van der Waals surface area contributed by atoms with Crippen molar-refractivity contribution in [3.05, 3.63) is 40.9 Å². The Kier molecular flexibility index (Phi) is 6.56. The first-order valence-corrected chi connectivity index (χ1v) is 12.9. The molecule has 0 atom stereocenters. The number of rotatable bonds is 8. The smallest absolute Gasteiger partial charge is 0.350 e. The van der Waals surface area contributed by atoms with Gasteiger partial charge in [-0.2, -0.15) is 5.10 Å². The van der Waals surface area contributed by atoms with Crippen LogP contribution in [0.25, 0.3) is 0 Å². The summed E-state index contributed by atoms with van der Waals surface area (Å²) in [5.74, 6) is -0.983. The zero-order chi connectivity index (χ0) is 22.7. The Morgan fingerprint density at radius 1 is 1.22 bits per heavy atom. The quantitative estimate of drug-likeness (QED) is 0.460. The number of nitrogens with one attached hydrogen (secondary N) is 1. The molecule has 2 heterocycles. The number of ether oxygens (including phenoxy) is 1. The highest BCUT2D eigenvalue weighted by Gasteiger charge is 2.36. The van der Waals surface area contributed by atoms with E-state index in [-0.39, 0.29) is 32.5 Å². The Bertz CT molecular complexity index is 1130. The van der Waals surface area contributed by atoms with E-state index in [9.17, 15) is 18.0 Å². The van der Waals surface area contributed by atoms with Crippen LogP contribution in [0.4, 0.5) is 5.13 Å². The molecule has 2 fully saturated rings. The van der Waals surface area contributed by atoms with Gasteiger partial charge in [-0.15, -0.1) is 0 Å².